The summed E-state index contributed by atoms with van der Waals surface area (Å²) in [5.74, 6) is -0.341. The molecule has 1 fully saturated rings. The maximum atomic E-state index is 12.5. The molecule has 0 aromatic rings. The van der Waals surface area contributed by atoms with Crippen LogP contribution in [0, 0.1) is 0 Å². The van der Waals surface area contributed by atoms with Crippen LogP contribution >= 0.6 is 0 Å². The van der Waals surface area contributed by atoms with Gasteiger partial charge in [-0.05, 0) is 70.6 Å². The predicted octanol–water partition coefficient (Wildman–Crippen LogP) is 8.69. The first-order valence-corrected chi connectivity index (χ1v) is 20.7. The van der Waals surface area contributed by atoms with E-state index in [0.29, 0.717) is 13.0 Å². The molecule has 6 atom stereocenters. The second-order valence-electron chi connectivity index (χ2n) is 13.7. The summed E-state index contributed by atoms with van der Waals surface area (Å²) >= 11 is 0. The number of unbranched alkanes of at least 4 members (excludes halogenated alkanes) is 8. The Morgan fingerprint density at radius 3 is 1.69 bits per heavy atom. The van der Waals surface area contributed by atoms with Crippen LogP contribution in [-0.4, -0.2) is 89.6 Å². The first-order chi connectivity index (χ1) is 26.4. The fraction of sp³-hybridized carbons (Fsp3) is 0.667. The number of carbonyl (C=O) groups is 1. The summed E-state index contributed by atoms with van der Waals surface area (Å²) < 4.78 is 22.5. The lowest BCUT2D eigenvalue weighted by molar-refractivity contribution is -0.305. The van der Waals surface area contributed by atoms with Crippen molar-refractivity contribution in [3.8, 4) is 0 Å². The molecule has 1 heterocycles. The first kappa shape index (κ1) is 49.4. The Hall–Kier alpha value is -2.63. The van der Waals surface area contributed by atoms with E-state index in [4.69, 9.17) is 18.9 Å². The monoisotopic (exact) mass is 759 g/mol. The Balaban J connectivity index is 2.19. The molecule has 308 valence electrons. The van der Waals surface area contributed by atoms with Crippen molar-refractivity contribution in [3.05, 3.63) is 85.1 Å². The van der Waals surface area contributed by atoms with E-state index < -0.39 is 43.4 Å². The molecule has 0 radical (unpaired) electrons. The molecule has 0 spiro atoms. The number of hydrogen-bond donors (Lipinski definition) is 4. The van der Waals surface area contributed by atoms with E-state index in [1.54, 1.807) is 0 Å². The number of aliphatic hydroxyl groups is 4. The fourth-order valence-corrected chi connectivity index (χ4v) is 5.59. The Bertz CT molecular complexity index is 1090. The molecular formula is C45H74O9. The maximum absolute atomic E-state index is 12.5. The van der Waals surface area contributed by atoms with Gasteiger partial charge in [-0.3, -0.25) is 4.79 Å². The summed E-state index contributed by atoms with van der Waals surface area (Å²) in [5, 5.41) is 39.8. The van der Waals surface area contributed by atoms with Crippen molar-refractivity contribution in [3.63, 3.8) is 0 Å². The molecular weight excluding hydrogens is 684 g/mol. The Morgan fingerprint density at radius 1 is 0.611 bits per heavy atom. The van der Waals surface area contributed by atoms with E-state index in [-0.39, 0.29) is 19.2 Å². The van der Waals surface area contributed by atoms with Gasteiger partial charge in [-0.1, -0.05) is 137 Å². The van der Waals surface area contributed by atoms with E-state index in [2.05, 4.69) is 98.9 Å². The molecule has 0 aromatic carbocycles. The molecule has 54 heavy (non-hydrogen) atoms. The standard InChI is InChI=1S/C45H74O9/c1-3-5-7-9-10-11-12-13-14-15-16-17-18-19-20-21-22-23-24-25-26-27-28-29-31-33-35-51-37-39(53-41(47)34-32-30-8-6-4-2)38-52-45-44(50)43(49)42(48)40(36-46)54-45/h5,7,10-11,13-14,16-17,19-20,22-23,25-26,39-40,42-46,48-50H,3-4,6,8-9,12,15,18,21,24,27-38H2,1-2H3/b7-5-,11-10-,14-13-,17-16-,20-19-,23-22-,26-25-. The topological polar surface area (TPSA) is 135 Å². The molecule has 1 saturated heterocycles. The van der Waals surface area contributed by atoms with Crippen molar-refractivity contribution >= 4 is 5.97 Å². The quantitative estimate of drug-likeness (QED) is 0.0295. The molecule has 0 saturated carbocycles. The van der Waals surface area contributed by atoms with E-state index in [1.165, 1.54) is 0 Å². The van der Waals surface area contributed by atoms with Gasteiger partial charge in [0.15, 0.2) is 6.29 Å². The van der Waals surface area contributed by atoms with E-state index >= 15 is 0 Å². The first-order valence-electron chi connectivity index (χ1n) is 20.7. The minimum atomic E-state index is -1.54. The van der Waals surface area contributed by atoms with Crippen LogP contribution in [0.5, 0.6) is 0 Å². The van der Waals surface area contributed by atoms with Gasteiger partial charge >= 0.3 is 5.97 Å². The highest BCUT2D eigenvalue weighted by atomic mass is 16.7. The summed E-state index contributed by atoms with van der Waals surface area (Å²) in [6.45, 7) is 4.25. The summed E-state index contributed by atoms with van der Waals surface area (Å²) in [7, 11) is 0. The average molecular weight is 759 g/mol. The van der Waals surface area contributed by atoms with Crippen LogP contribution in [-0.2, 0) is 23.7 Å². The van der Waals surface area contributed by atoms with Gasteiger partial charge in [-0.15, -0.1) is 0 Å². The van der Waals surface area contributed by atoms with Crippen molar-refractivity contribution in [2.24, 2.45) is 0 Å². The second kappa shape index (κ2) is 36.0. The van der Waals surface area contributed by atoms with Gasteiger partial charge in [0.1, 0.15) is 30.5 Å². The highest BCUT2D eigenvalue weighted by Crippen LogP contribution is 2.22. The largest absolute Gasteiger partial charge is 0.457 e. The zero-order valence-corrected chi connectivity index (χ0v) is 33.4. The number of carbonyl (C=O) groups excluding carboxylic acids is 1. The minimum Gasteiger partial charge on any atom is -0.457 e. The van der Waals surface area contributed by atoms with Gasteiger partial charge in [0, 0.05) is 13.0 Å². The predicted molar refractivity (Wildman–Crippen MR) is 219 cm³/mol. The van der Waals surface area contributed by atoms with Crippen molar-refractivity contribution < 1.29 is 44.2 Å². The number of aliphatic hydroxyl groups excluding tert-OH is 4. The van der Waals surface area contributed by atoms with E-state index in [0.717, 1.165) is 109 Å². The maximum Gasteiger partial charge on any atom is 0.306 e. The fourth-order valence-electron chi connectivity index (χ4n) is 5.59. The van der Waals surface area contributed by atoms with Gasteiger partial charge in [0.2, 0.25) is 0 Å². The molecule has 9 heteroatoms. The third kappa shape index (κ3) is 27.0. The molecule has 0 bridgehead atoms. The van der Waals surface area contributed by atoms with Crippen molar-refractivity contribution in [2.45, 2.75) is 166 Å². The third-order valence-electron chi connectivity index (χ3n) is 8.83. The lowest BCUT2D eigenvalue weighted by Crippen LogP contribution is -2.59. The molecule has 1 rings (SSSR count). The SMILES string of the molecule is CC/C=C\C/C=C\C/C=C\C/C=C\C/C=C\C/C=C\C/C=C\CCCCCCOCC(COC1OC(CO)C(O)C(O)C1O)OC(=O)CCCCCCC. The molecule has 6 unspecified atom stereocenters. The number of esters is 1. The van der Waals surface area contributed by atoms with Gasteiger partial charge < -0.3 is 39.4 Å². The second-order valence-corrected chi connectivity index (χ2v) is 13.7. The summed E-state index contributed by atoms with van der Waals surface area (Å²) in [6.07, 6.45) is 40.9. The van der Waals surface area contributed by atoms with Crippen molar-refractivity contribution in [1.82, 2.24) is 0 Å². The Labute approximate surface area is 327 Å². The Kier molecular flexibility index (Phi) is 33.0. The van der Waals surface area contributed by atoms with Gasteiger partial charge in [-0.25, -0.2) is 0 Å². The highest BCUT2D eigenvalue weighted by molar-refractivity contribution is 5.69. The summed E-state index contributed by atoms with van der Waals surface area (Å²) in [6, 6.07) is 0. The van der Waals surface area contributed by atoms with Crippen LogP contribution in [0.4, 0.5) is 0 Å². The summed E-state index contributed by atoms with van der Waals surface area (Å²) in [5.41, 5.74) is 0. The van der Waals surface area contributed by atoms with Crippen LogP contribution in [0.3, 0.4) is 0 Å². The number of hydrogen-bond acceptors (Lipinski definition) is 9. The highest BCUT2D eigenvalue weighted by Gasteiger charge is 2.44. The molecule has 0 amide bonds. The lowest BCUT2D eigenvalue weighted by atomic mass is 9.99. The van der Waals surface area contributed by atoms with Crippen LogP contribution in [0.1, 0.15) is 129 Å². The van der Waals surface area contributed by atoms with E-state index in [9.17, 15) is 25.2 Å². The third-order valence-corrected chi connectivity index (χ3v) is 8.83. The van der Waals surface area contributed by atoms with Crippen LogP contribution in [0.15, 0.2) is 85.1 Å². The zero-order chi connectivity index (χ0) is 39.3. The minimum absolute atomic E-state index is 0.121. The normalized spacial score (nSPS) is 21.8. The lowest BCUT2D eigenvalue weighted by Gasteiger charge is -2.39. The average Bonchev–Trinajstić information content (AvgIpc) is 3.17. The van der Waals surface area contributed by atoms with Gasteiger partial charge in [0.05, 0.1) is 19.8 Å². The molecule has 1 aliphatic rings. The number of rotatable bonds is 33. The van der Waals surface area contributed by atoms with E-state index in [1.807, 2.05) is 0 Å². The number of allylic oxidation sites excluding steroid dienone is 14. The van der Waals surface area contributed by atoms with Crippen LogP contribution in [0.2, 0.25) is 0 Å². The van der Waals surface area contributed by atoms with Crippen molar-refractivity contribution in [1.29, 1.82) is 0 Å². The summed E-state index contributed by atoms with van der Waals surface area (Å²) in [4.78, 5) is 12.5. The number of ether oxygens (including phenoxy) is 4. The smallest absolute Gasteiger partial charge is 0.306 e. The Morgan fingerprint density at radius 2 is 1.13 bits per heavy atom. The molecule has 1 aliphatic heterocycles. The van der Waals surface area contributed by atoms with Gasteiger partial charge in [0.25, 0.3) is 0 Å². The molecule has 0 aromatic heterocycles. The van der Waals surface area contributed by atoms with Crippen molar-refractivity contribution in [2.75, 3.05) is 26.4 Å². The van der Waals surface area contributed by atoms with Crippen LogP contribution in [0.25, 0.3) is 0 Å². The van der Waals surface area contributed by atoms with Crippen LogP contribution < -0.4 is 0 Å². The molecule has 9 nitrogen and oxygen atoms in total. The van der Waals surface area contributed by atoms with Gasteiger partial charge in [-0.2, -0.15) is 0 Å². The zero-order valence-electron chi connectivity index (χ0n) is 33.4. The molecule has 0 aliphatic carbocycles. The molecule has 4 N–H and O–H groups in total.